The molecule has 1 N–H and O–H groups in total. The van der Waals surface area contributed by atoms with E-state index in [-0.39, 0.29) is 5.75 Å². The summed E-state index contributed by atoms with van der Waals surface area (Å²) in [4.78, 5) is 0. The van der Waals surface area contributed by atoms with Gasteiger partial charge in [-0.05, 0) is 31.2 Å². The molecule has 19 heavy (non-hydrogen) atoms. The Balaban J connectivity index is 1.96. The molecule has 106 valence electrons. The zero-order valence-electron chi connectivity index (χ0n) is 10.8. The molecule has 1 fully saturated rings. The summed E-state index contributed by atoms with van der Waals surface area (Å²) in [5.41, 5.74) is 0.541. The van der Waals surface area contributed by atoms with Crippen LogP contribution in [0, 0.1) is 5.92 Å². The van der Waals surface area contributed by atoms with Gasteiger partial charge < -0.3 is 10.1 Å². The van der Waals surface area contributed by atoms with Crippen LogP contribution in [0.5, 0.6) is 5.75 Å². The Morgan fingerprint density at radius 3 is 2.63 bits per heavy atom. The molecule has 2 unspecified atom stereocenters. The summed E-state index contributed by atoms with van der Waals surface area (Å²) in [7, 11) is 0. The first kappa shape index (κ1) is 14.2. The third kappa shape index (κ3) is 4.42. The van der Waals surface area contributed by atoms with Crippen molar-refractivity contribution in [2.24, 2.45) is 5.92 Å². The first-order valence-electron chi connectivity index (χ1n) is 6.51. The average molecular weight is 273 g/mol. The minimum absolute atomic E-state index is 0.117. The number of alkyl halides is 3. The van der Waals surface area contributed by atoms with Crippen LogP contribution in [-0.2, 0) is 6.54 Å². The highest BCUT2D eigenvalue weighted by atomic mass is 19.4. The predicted octanol–water partition coefficient (Wildman–Crippen LogP) is 3.86. The van der Waals surface area contributed by atoms with E-state index in [0.29, 0.717) is 24.1 Å². The first-order chi connectivity index (χ1) is 8.94. The minimum atomic E-state index is -4.64. The van der Waals surface area contributed by atoms with Gasteiger partial charge in [-0.2, -0.15) is 0 Å². The van der Waals surface area contributed by atoms with Gasteiger partial charge in [-0.1, -0.05) is 25.1 Å². The lowest BCUT2D eigenvalue weighted by atomic mass is 10.1. The van der Waals surface area contributed by atoms with Gasteiger partial charge >= 0.3 is 6.36 Å². The fraction of sp³-hybridized carbons (Fsp3) is 0.571. The van der Waals surface area contributed by atoms with Gasteiger partial charge in [0.05, 0.1) is 0 Å². The third-order valence-corrected chi connectivity index (χ3v) is 3.47. The Kier molecular flexibility index (Phi) is 4.34. The molecule has 0 bridgehead atoms. The van der Waals surface area contributed by atoms with Gasteiger partial charge in [-0.3, -0.25) is 0 Å². The Hall–Kier alpha value is -1.23. The highest BCUT2D eigenvalue weighted by molar-refractivity contribution is 5.33. The van der Waals surface area contributed by atoms with Crippen LogP contribution in [0.3, 0.4) is 0 Å². The second-order valence-electron chi connectivity index (χ2n) is 5.15. The van der Waals surface area contributed by atoms with E-state index in [4.69, 9.17) is 0 Å². The van der Waals surface area contributed by atoms with Crippen LogP contribution >= 0.6 is 0 Å². The Morgan fingerprint density at radius 1 is 1.26 bits per heavy atom. The van der Waals surface area contributed by atoms with E-state index in [9.17, 15) is 13.2 Å². The fourth-order valence-corrected chi connectivity index (χ4v) is 2.52. The van der Waals surface area contributed by atoms with E-state index in [1.807, 2.05) is 0 Å². The summed E-state index contributed by atoms with van der Waals surface area (Å²) >= 11 is 0. The molecule has 1 aromatic rings. The van der Waals surface area contributed by atoms with Gasteiger partial charge in [-0.25, -0.2) is 0 Å². The highest BCUT2D eigenvalue weighted by Gasteiger charge is 2.32. The van der Waals surface area contributed by atoms with Crippen molar-refractivity contribution >= 4 is 0 Å². The number of halogens is 3. The van der Waals surface area contributed by atoms with Crippen molar-refractivity contribution in [2.45, 2.75) is 45.1 Å². The summed E-state index contributed by atoms with van der Waals surface area (Å²) in [6, 6.07) is 6.67. The van der Waals surface area contributed by atoms with Crippen LogP contribution in [0.2, 0.25) is 0 Å². The van der Waals surface area contributed by atoms with Crippen LogP contribution in [0.4, 0.5) is 13.2 Å². The maximum Gasteiger partial charge on any atom is 0.573 e. The highest BCUT2D eigenvalue weighted by Crippen LogP contribution is 2.28. The minimum Gasteiger partial charge on any atom is -0.405 e. The molecular weight excluding hydrogens is 255 g/mol. The lowest BCUT2D eigenvalue weighted by Gasteiger charge is -2.16. The van der Waals surface area contributed by atoms with Gasteiger partial charge in [0.1, 0.15) is 5.75 Å². The quantitative estimate of drug-likeness (QED) is 0.899. The second kappa shape index (κ2) is 5.82. The van der Waals surface area contributed by atoms with E-state index < -0.39 is 6.36 Å². The fourth-order valence-electron chi connectivity index (χ4n) is 2.52. The molecule has 1 aliphatic carbocycles. The maximum absolute atomic E-state index is 12.3. The predicted molar refractivity (Wildman–Crippen MR) is 66.8 cm³/mol. The molecule has 1 aromatic carbocycles. The SMILES string of the molecule is CC1CCC(NCc2ccccc2OC(F)(F)F)C1. The van der Waals surface area contributed by atoms with E-state index in [0.717, 1.165) is 12.8 Å². The third-order valence-electron chi connectivity index (χ3n) is 3.47. The molecule has 1 aliphatic rings. The van der Waals surface area contributed by atoms with Gasteiger partial charge in [-0.15, -0.1) is 13.2 Å². The monoisotopic (exact) mass is 273 g/mol. The molecule has 0 radical (unpaired) electrons. The standard InChI is InChI=1S/C14H18F3NO/c1-10-6-7-12(8-10)18-9-11-4-2-3-5-13(11)19-14(15,16)17/h2-5,10,12,18H,6-9H2,1H3. The van der Waals surface area contributed by atoms with Gasteiger partial charge in [0.15, 0.2) is 0 Å². The molecule has 1 saturated carbocycles. The molecule has 2 nitrogen and oxygen atoms in total. The zero-order chi connectivity index (χ0) is 13.9. The van der Waals surface area contributed by atoms with Crippen molar-refractivity contribution in [1.82, 2.24) is 5.32 Å². The maximum atomic E-state index is 12.3. The summed E-state index contributed by atoms with van der Waals surface area (Å²) < 4.78 is 40.8. The Bertz CT molecular complexity index is 419. The van der Waals surface area contributed by atoms with Crippen LogP contribution in [-0.4, -0.2) is 12.4 Å². The van der Waals surface area contributed by atoms with Crippen LogP contribution in [0.25, 0.3) is 0 Å². The van der Waals surface area contributed by atoms with E-state index in [2.05, 4.69) is 17.0 Å². The molecule has 0 heterocycles. The van der Waals surface area contributed by atoms with Crippen molar-refractivity contribution in [3.63, 3.8) is 0 Å². The normalized spacial score (nSPS) is 23.6. The number of hydrogen-bond donors (Lipinski definition) is 1. The summed E-state index contributed by atoms with van der Waals surface area (Å²) in [6.07, 6.45) is -1.29. The smallest absolute Gasteiger partial charge is 0.405 e. The molecule has 0 spiro atoms. The van der Waals surface area contributed by atoms with Gasteiger partial charge in [0.25, 0.3) is 0 Å². The van der Waals surface area contributed by atoms with Gasteiger partial charge in [0, 0.05) is 18.2 Å². The molecule has 0 amide bonds. The van der Waals surface area contributed by atoms with Crippen LogP contribution in [0.1, 0.15) is 31.7 Å². The molecule has 0 aliphatic heterocycles. The summed E-state index contributed by atoms with van der Waals surface area (Å²) in [5.74, 6) is 0.577. The molecule has 0 saturated heterocycles. The lowest BCUT2D eigenvalue weighted by Crippen LogP contribution is -2.26. The summed E-state index contributed by atoms with van der Waals surface area (Å²) in [6.45, 7) is 2.60. The molecule has 2 atom stereocenters. The number of rotatable bonds is 4. The molecule has 2 rings (SSSR count). The molecule has 5 heteroatoms. The Labute approximate surface area is 111 Å². The van der Waals surface area contributed by atoms with Crippen LogP contribution < -0.4 is 10.1 Å². The topological polar surface area (TPSA) is 21.3 Å². The van der Waals surface area contributed by atoms with E-state index >= 15 is 0 Å². The Morgan fingerprint density at radius 2 is 2.00 bits per heavy atom. The van der Waals surface area contributed by atoms with E-state index in [1.54, 1.807) is 18.2 Å². The van der Waals surface area contributed by atoms with Crippen molar-refractivity contribution in [3.8, 4) is 5.75 Å². The van der Waals surface area contributed by atoms with Crippen molar-refractivity contribution < 1.29 is 17.9 Å². The first-order valence-corrected chi connectivity index (χ1v) is 6.51. The van der Waals surface area contributed by atoms with Crippen molar-refractivity contribution in [2.75, 3.05) is 0 Å². The number of ether oxygens (including phenoxy) is 1. The number of para-hydroxylation sites is 1. The number of hydrogen-bond acceptors (Lipinski definition) is 2. The lowest BCUT2D eigenvalue weighted by molar-refractivity contribution is -0.274. The van der Waals surface area contributed by atoms with Gasteiger partial charge in [0.2, 0.25) is 0 Å². The van der Waals surface area contributed by atoms with E-state index in [1.165, 1.54) is 12.5 Å². The molecular formula is C14H18F3NO. The summed E-state index contributed by atoms with van der Waals surface area (Å²) in [5, 5.41) is 3.31. The second-order valence-corrected chi connectivity index (χ2v) is 5.15. The van der Waals surface area contributed by atoms with Crippen LogP contribution in [0.15, 0.2) is 24.3 Å². The van der Waals surface area contributed by atoms with Crippen molar-refractivity contribution in [1.29, 1.82) is 0 Å². The molecule has 0 aromatic heterocycles. The zero-order valence-corrected chi connectivity index (χ0v) is 10.8. The van der Waals surface area contributed by atoms with Crippen molar-refractivity contribution in [3.05, 3.63) is 29.8 Å². The number of benzene rings is 1. The number of nitrogens with one attached hydrogen (secondary N) is 1. The average Bonchev–Trinajstić information content (AvgIpc) is 2.72. The largest absolute Gasteiger partial charge is 0.573 e.